The first-order valence-electron chi connectivity index (χ1n) is 10.2. The van der Waals surface area contributed by atoms with Gasteiger partial charge in [-0.2, -0.15) is 0 Å². The largest absolute Gasteiger partial charge is 0.490 e. The molecule has 0 spiro atoms. The smallest absolute Gasteiger partial charge is 0.346 e. The third-order valence-corrected chi connectivity index (χ3v) is 5.96. The highest BCUT2D eigenvalue weighted by molar-refractivity contribution is 7.20. The molecule has 3 aromatic rings. The second-order valence-corrected chi connectivity index (χ2v) is 7.97. The van der Waals surface area contributed by atoms with Gasteiger partial charge in [-0.25, -0.2) is 9.78 Å². The second kappa shape index (κ2) is 10.3. The Hall–Kier alpha value is -3.40. The quantitative estimate of drug-likeness (QED) is 0.478. The maximum Gasteiger partial charge on any atom is 0.346 e. The van der Waals surface area contributed by atoms with E-state index in [9.17, 15) is 19.5 Å². The molecule has 0 unspecified atom stereocenters. The normalized spacial score (nSPS) is 10.8. The van der Waals surface area contributed by atoms with Crippen molar-refractivity contribution in [2.45, 2.75) is 33.7 Å². The molecule has 0 bridgehead atoms. The molecule has 2 heterocycles. The van der Waals surface area contributed by atoms with Crippen molar-refractivity contribution in [3.63, 3.8) is 0 Å². The minimum absolute atomic E-state index is 0.0774. The molecule has 0 aliphatic carbocycles. The lowest BCUT2D eigenvalue weighted by molar-refractivity contribution is -0.121. The van der Waals surface area contributed by atoms with Crippen molar-refractivity contribution in [3.8, 4) is 11.5 Å². The number of thiophene rings is 1. The number of benzene rings is 1. The van der Waals surface area contributed by atoms with Crippen LogP contribution in [0.15, 0.2) is 29.3 Å². The van der Waals surface area contributed by atoms with E-state index in [1.807, 2.05) is 32.0 Å². The molecule has 0 fully saturated rings. The molecule has 170 valence electrons. The highest BCUT2D eigenvalue weighted by atomic mass is 32.1. The predicted octanol–water partition coefficient (Wildman–Crippen LogP) is 2.62. The molecular weight excluding hydrogens is 434 g/mol. The first kappa shape index (κ1) is 23.3. The first-order chi connectivity index (χ1) is 15.3. The van der Waals surface area contributed by atoms with E-state index >= 15 is 0 Å². The van der Waals surface area contributed by atoms with Gasteiger partial charge in [0.25, 0.3) is 5.56 Å². The van der Waals surface area contributed by atoms with Gasteiger partial charge in [0.2, 0.25) is 5.91 Å². The summed E-state index contributed by atoms with van der Waals surface area (Å²) in [6.45, 7) is 6.61. The van der Waals surface area contributed by atoms with Crippen LogP contribution in [0.25, 0.3) is 10.2 Å². The molecule has 9 nitrogen and oxygen atoms in total. The lowest BCUT2D eigenvalue weighted by Crippen LogP contribution is -2.33. The lowest BCUT2D eigenvalue weighted by Gasteiger charge is -2.13. The molecule has 1 amide bonds. The Morgan fingerprint density at radius 2 is 1.91 bits per heavy atom. The fraction of sp³-hybridized carbons (Fsp3) is 0.364. The fourth-order valence-corrected chi connectivity index (χ4v) is 4.26. The lowest BCUT2D eigenvalue weighted by atomic mass is 10.1. The molecule has 2 aromatic heterocycles. The number of fused-ring (bicyclic) bond motifs is 1. The zero-order valence-electron chi connectivity index (χ0n) is 18.1. The summed E-state index contributed by atoms with van der Waals surface area (Å²) in [7, 11) is 0. The van der Waals surface area contributed by atoms with Crippen molar-refractivity contribution in [3.05, 3.63) is 50.9 Å². The fourth-order valence-electron chi connectivity index (χ4n) is 3.28. The number of aryl methyl sites for hydroxylation is 1. The number of aromatic carboxylic acids is 1. The summed E-state index contributed by atoms with van der Waals surface area (Å²) in [5, 5.41) is 12.3. The van der Waals surface area contributed by atoms with E-state index in [1.165, 1.54) is 10.9 Å². The van der Waals surface area contributed by atoms with E-state index in [0.717, 1.165) is 16.9 Å². The summed E-state index contributed by atoms with van der Waals surface area (Å²) in [6, 6.07) is 5.66. The average molecular weight is 460 g/mol. The first-order valence-corrected chi connectivity index (χ1v) is 11.0. The Balaban J connectivity index is 1.64. The van der Waals surface area contributed by atoms with Crippen LogP contribution in [0.4, 0.5) is 0 Å². The summed E-state index contributed by atoms with van der Waals surface area (Å²) < 4.78 is 12.4. The summed E-state index contributed by atoms with van der Waals surface area (Å²) in [4.78, 5) is 41.0. The number of ether oxygens (including phenoxy) is 2. The van der Waals surface area contributed by atoms with Crippen LogP contribution in [-0.4, -0.2) is 46.3 Å². The van der Waals surface area contributed by atoms with Crippen LogP contribution in [0.3, 0.4) is 0 Å². The minimum Gasteiger partial charge on any atom is -0.490 e. The minimum atomic E-state index is -1.10. The maximum absolute atomic E-state index is 12.7. The highest BCUT2D eigenvalue weighted by Gasteiger charge is 2.19. The molecule has 2 N–H and O–H groups in total. The standard InChI is InChI=1S/C22H25N3O6S/c1-4-30-15-7-6-14(10-16(15)31-5-2)8-9-23-17(26)11-25-12-24-20-18(21(25)27)13(3)19(32-20)22(28)29/h6-7,10,12H,4-5,8-9,11H2,1-3H3,(H,23,26)(H,28,29). The Labute approximate surface area is 188 Å². The van der Waals surface area contributed by atoms with Gasteiger partial charge in [-0.15, -0.1) is 11.3 Å². The van der Waals surface area contributed by atoms with E-state index in [-0.39, 0.29) is 22.7 Å². The van der Waals surface area contributed by atoms with Crippen LogP contribution in [0.2, 0.25) is 0 Å². The van der Waals surface area contributed by atoms with E-state index in [2.05, 4.69) is 10.3 Å². The molecule has 0 radical (unpaired) electrons. The summed E-state index contributed by atoms with van der Waals surface area (Å²) in [5.41, 5.74) is 0.914. The molecule has 32 heavy (non-hydrogen) atoms. The van der Waals surface area contributed by atoms with Gasteiger partial charge in [0.05, 0.1) is 24.9 Å². The molecule has 0 saturated carbocycles. The van der Waals surface area contributed by atoms with Crippen molar-refractivity contribution >= 4 is 33.4 Å². The van der Waals surface area contributed by atoms with E-state index in [1.54, 1.807) is 6.92 Å². The van der Waals surface area contributed by atoms with Gasteiger partial charge >= 0.3 is 5.97 Å². The zero-order chi connectivity index (χ0) is 23.3. The Morgan fingerprint density at radius 3 is 2.59 bits per heavy atom. The second-order valence-electron chi connectivity index (χ2n) is 6.97. The van der Waals surface area contributed by atoms with Gasteiger partial charge < -0.3 is 19.9 Å². The predicted molar refractivity (Wildman–Crippen MR) is 121 cm³/mol. The maximum atomic E-state index is 12.7. The van der Waals surface area contributed by atoms with E-state index < -0.39 is 11.5 Å². The number of hydrogen-bond donors (Lipinski definition) is 2. The van der Waals surface area contributed by atoms with Crippen molar-refractivity contribution in [2.75, 3.05) is 19.8 Å². The number of nitrogens with zero attached hydrogens (tertiary/aromatic N) is 2. The Morgan fingerprint density at radius 1 is 1.19 bits per heavy atom. The molecular formula is C22H25N3O6S. The number of nitrogens with one attached hydrogen (secondary N) is 1. The van der Waals surface area contributed by atoms with Gasteiger partial charge in [0.15, 0.2) is 11.5 Å². The van der Waals surface area contributed by atoms with Gasteiger partial charge in [-0.1, -0.05) is 6.07 Å². The Kier molecular flexibility index (Phi) is 7.47. The topological polar surface area (TPSA) is 120 Å². The number of aromatic nitrogens is 2. The summed E-state index contributed by atoms with van der Waals surface area (Å²) >= 11 is 0.950. The number of carboxylic acid groups (broad SMARTS) is 1. The van der Waals surface area contributed by atoms with Crippen molar-refractivity contribution < 1.29 is 24.2 Å². The van der Waals surface area contributed by atoms with Crippen LogP contribution >= 0.6 is 11.3 Å². The molecule has 0 aliphatic heterocycles. The van der Waals surface area contributed by atoms with Crippen LogP contribution in [-0.2, 0) is 17.8 Å². The number of hydrogen-bond acceptors (Lipinski definition) is 7. The number of carboxylic acids is 1. The van der Waals surface area contributed by atoms with Crippen LogP contribution in [0.1, 0.15) is 34.6 Å². The third kappa shape index (κ3) is 5.08. The third-order valence-electron chi connectivity index (χ3n) is 4.77. The van der Waals surface area contributed by atoms with Crippen molar-refractivity contribution in [2.24, 2.45) is 0 Å². The highest BCUT2D eigenvalue weighted by Crippen LogP contribution is 2.29. The zero-order valence-corrected chi connectivity index (χ0v) is 19.0. The van der Waals surface area contributed by atoms with Crippen LogP contribution in [0, 0.1) is 6.92 Å². The molecule has 3 rings (SSSR count). The van der Waals surface area contributed by atoms with Gasteiger partial charge in [0.1, 0.15) is 16.3 Å². The molecule has 0 atom stereocenters. The van der Waals surface area contributed by atoms with Crippen LogP contribution in [0.5, 0.6) is 11.5 Å². The van der Waals surface area contributed by atoms with E-state index in [4.69, 9.17) is 9.47 Å². The summed E-state index contributed by atoms with van der Waals surface area (Å²) in [5.74, 6) is -0.0957. The van der Waals surface area contributed by atoms with Gasteiger partial charge in [-0.05, 0) is 50.5 Å². The number of amides is 1. The monoisotopic (exact) mass is 459 g/mol. The number of carbonyl (C=O) groups is 2. The molecule has 10 heteroatoms. The van der Waals surface area contributed by atoms with Crippen LogP contribution < -0.4 is 20.3 Å². The number of carbonyl (C=O) groups excluding carboxylic acids is 1. The van der Waals surface area contributed by atoms with Crippen molar-refractivity contribution in [1.29, 1.82) is 0 Å². The molecule has 0 aliphatic rings. The SMILES string of the molecule is CCOc1ccc(CCNC(=O)Cn2cnc3sc(C(=O)O)c(C)c3c2=O)cc1OCC. The molecule has 0 saturated heterocycles. The Bertz CT molecular complexity index is 1200. The number of rotatable bonds is 10. The molecule has 1 aromatic carbocycles. The van der Waals surface area contributed by atoms with Gasteiger partial charge in [0, 0.05) is 6.54 Å². The average Bonchev–Trinajstić information content (AvgIpc) is 3.10. The van der Waals surface area contributed by atoms with E-state index in [0.29, 0.717) is 48.1 Å². The summed E-state index contributed by atoms with van der Waals surface area (Å²) in [6.07, 6.45) is 1.85. The van der Waals surface area contributed by atoms with Gasteiger partial charge in [-0.3, -0.25) is 14.2 Å². The van der Waals surface area contributed by atoms with Crippen molar-refractivity contribution in [1.82, 2.24) is 14.9 Å².